The minimum absolute atomic E-state index is 0.369. The molecule has 1 nitrogen and oxygen atoms in total. The molecule has 82 valence electrons. The minimum atomic E-state index is 0.369. The summed E-state index contributed by atoms with van der Waals surface area (Å²) >= 11 is 12.0. The van der Waals surface area contributed by atoms with Gasteiger partial charge in [0.15, 0.2) is 0 Å². The summed E-state index contributed by atoms with van der Waals surface area (Å²) in [5.41, 5.74) is 1.02. The van der Waals surface area contributed by atoms with Crippen LogP contribution in [0.25, 0.3) is 0 Å². The molecule has 0 aliphatic heterocycles. The Balaban J connectivity index is 3.08. The van der Waals surface area contributed by atoms with Gasteiger partial charge in [0.2, 0.25) is 0 Å². The quantitative estimate of drug-likeness (QED) is 0.716. The second-order valence-electron chi connectivity index (χ2n) is 3.50. The molecule has 0 fully saturated rings. The van der Waals surface area contributed by atoms with Gasteiger partial charge < -0.3 is 4.74 Å². The van der Waals surface area contributed by atoms with Crippen LogP contribution < -0.4 is 4.74 Å². The highest BCUT2D eigenvalue weighted by Crippen LogP contribution is 2.33. The predicted octanol–water partition coefficient (Wildman–Crippen LogP) is 4.37. The zero-order chi connectivity index (χ0) is 11.4. The van der Waals surface area contributed by atoms with Crippen LogP contribution in [0.4, 0.5) is 0 Å². The molecule has 0 aliphatic rings. The Hall–Kier alpha value is -0.660. The summed E-state index contributed by atoms with van der Waals surface area (Å²) < 4.78 is 5.25. The molecule has 15 heavy (non-hydrogen) atoms. The zero-order valence-corrected chi connectivity index (χ0v) is 10.4. The summed E-state index contributed by atoms with van der Waals surface area (Å²) in [5, 5.41) is 1.18. The number of benzene rings is 1. The Morgan fingerprint density at radius 1 is 1.47 bits per heavy atom. The number of allylic oxidation sites excluding steroid dienone is 1. The van der Waals surface area contributed by atoms with E-state index in [0.717, 1.165) is 12.0 Å². The molecule has 0 saturated carbocycles. The maximum absolute atomic E-state index is 6.03. The van der Waals surface area contributed by atoms with E-state index in [0.29, 0.717) is 21.7 Å². The molecule has 3 heteroatoms. The highest BCUT2D eigenvalue weighted by molar-refractivity contribution is 6.35. The Kier molecular flexibility index (Phi) is 4.49. The Morgan fingerprint density at radius 2 is 2.13 bits per heavy atom. The van der Waals surface area contributed by atoms with Gasteiger partial charge in [-0.15, -0.1) is 6.58 Å². The summed E-state index contributed by atoms with van der Waals surface area (Å²) in [6, 6.07) is 3.57. The van der Waals surface area contributed by atoms with Gasteiger partial charge in [-0.2, -0.15) is 0 Å². The zero-order valence-electron chi connectivity index (χ0n) is 8.89. The monoisotopic (exact) mass is 244 g/mol. The van der Waals surface area contributed by atoms with Gasteiger partial charge in [-0.1, -0.05) is 36.2 Å². The van der Waals surface area contributed by atoms with Gasteiger partial charge in [0.05, 0.1) is 12.1 Å². The standard InChI is InChI=1S/C12H14Cl2O/c1-4-8(2)5-9-6-10(13)7-11(14)12(9)15-3/h4,6-8H,1,5H2,2-3H3. The third kappa shape index (κ3) is 3.15. The first-order valence-electron chi connectivity index (χ1n) is 4.73. The molecule has 0 aromatic heterocycles. The van der Waals surface area contributed by atoms with Gasteiger partial charge in [-0.3, -0.25) is 0 Å². The Morgan fingerprint density at radius 3 is 2.67 bits per heavy atom. The normalized spacial score (nSPS) is 12.3. The summed E-state index contributed by atoms with van der Waals surface area (Å²) in [6.45, 7) is 5.83. The fourth-order valence-electron chi connectivity index (χ4n) is 1.42. The first-order chi connectivity index (χ1) is 7.08. The molecule has 0 radical (unpaired) electrons. The molecule has 0 N–H and O–H groups in total. The van der Waals surface area contributed by atoms with Gasteiger partial charge in [0.25, 0.3) is 0 Å². The van der Waals surface area contributed by atoms with E-state index in [4.69, 9.17) is 27.9 Å². The largest absolute Gasteiger partial charge is 0.495 e. The minimum Gasteiger partial charge on any atom is -0.495 e. The maximum atomic E-state index is 6.03. The van der Waals surface area contributed by atoms with Gasteiger partial charge in [0.1, 0.15) is 5.75 Å². The molecule has 1 aromatic carbocycles. The third-order valence-electron chi connectivity index (χ3n) is 2.23. The SMILES string of the molecule is C=CC(C)Cc1cc(Cl)cc(Cl)c1OC. The molecule has 1 rings (SSSR count). The third-order valence-corrected chi connectivity index (χ3v) is 2.73. The lowest BCUT2D eigenvalue weighted by Crippen LogP contribution is -1.99. The fraction of sp³-hybridized carbons (Fsp3) is 0.333. The van der Waals surface area contributed by atoms with E-state index in [1.165, 1.54) is 0 Å². The van der Waals surface area contributed by atoms with Crippen molar-refractivity contribution in [2.24, 2.45) is 5.92 Å². The lowest BCUT2D eigenvalue weighted by atomic mass is 10.0. The van der Waals surface area contributed by atoms with Crippen molar-refractivity contribution in [3.8, 4) is 5.75 Å². The summed E-state index contributed by atoms with van der Waals surface area (Å²) in [7, 11) is 1.61. The van der Waals surface area contributed by atoms with Crippen molar-refractivity contribution < 1.29 is 4.74 Å². The van der Waals surface area contributed by atoms with Gasteiger partial charge >= 0.3 is 0 Å². The van der Waals surface area contributed by atoms with Crippen LogP contribution >= 0.6 is 23.2 Å². The topological polar surface area (TPSA) is 9.23 Å². The number of halogens is 2. The van der Waals surface area contributed by atoms with Crippen molar-refractivity contribution in [3.63, 3.8) is 0 Å². The number of hydrogen-bond donors (Lipinski definition) is 0. The van der Waals surface area contributed by atoms with Gasteiger partial charge in [0, 0.05) is 5.02 Å². The maximum Gasteiger partial charge on any atom is 0.140 e. The van der Waals surface area contributed by atoms with Crippen molar-refractivity contribution in [2.45, 2.75) is 13.3 Å². The number of ether oxygens (including phenoxy) is 1. The number of rotatable bonds is 4. The predicted molar refractivity (Wildman–Crippen MR) is 66.1 cm³/mol. The van der Waals surface area contributed by atoms with Crippen LogP contribution in [0, 0.1) is 5.92 Å². The van der Waals surface area contributed by atoms with Crippen molar-refractivity contribution >= 4 is 23.2 Å². The van der Waals surface area contributed by atoms with E-state index < -0.39 is 0 Å². The number of methoxy groups -OCH3 is 1. The van der Waals surface area contributed by atoms with E-state index in [-0.39, 0.29) is 0 Å². The lowest BCUT2D eigenvalue weighted by Gasteiger charge is -2.13. The second kappa shape index (κ2) is 5.43. The first kappa shape index (κ1) is 12.4. The molecule has 0 bridgehead atoms. The highest BCUT2D eigenvalue weighted by Gasteiger charge is 2.11. The van der Waals surface area contributed by atoms with Crippen LogP contribution in [0.3, 0.4) is 0 Å². The Bertz CT molecular complexity index is 361. The first-order valence-corrected chi connectivity index (χ1v) is 5.48. The van der Waals surface area contributed by atoms with Crippen molar-refractivity contribution in [1.82, 2.24) is 0 Å². The summed E-state index contributed by atoms with van der Waals surface area (Å²) in [4.78, 5) is 0. The summed E-state index contributed by atoms with van der Waals surface area (Å²) in [6.07, 6.45) is 2.72. The average molecular weight is 245 g/mol. The fourth-order valence-corrected chi connectivity index (χ4v) is 2.04. The molecule has 0 spiro atoms. The van der Waals surface area contributed by atoms with Crippen LogP contribution in [0.15, 0.2) is 24.8 Å². The van der Waals surface area contributed by atoms with E-state index in [9.17, 15) is 0 Å². The van der Waals surface area contributed by atoms with Gasteiger partial charge in [-0.25, -0.2) is 0 Å². The van der Waals surface area contributed by atoms with E-state index >= 15 is 0 Å². The molecule has 0 amide bonds. The molecule has 0 saturated heterocycles. The average Bonchev–Trinajstić information content (AvgIpc) is 2.17. The molecular weight excluding hydrogens is 231 g/mol. The molecule has 1 unspecified atom stereocenters. The smallest absolute Gasteiger partial charge is 0.140 e. The van der Waals surface area contributed by atoms with Crippen LogP contribution in [0.5, 0.6) is 5.75 Å². The van der Waals surface area contributed by atoms with Crippen LogP contribution in [-0.2, 0) is 6.42 Å². The lowest BCUT2D eigenvalue weighted by molar-refractivity contribution is 0.408. The molecule has 0 aliphatic carbocycles. The molecule has 1 aromatic rings. The van der Waals surface area contributed by atoms with Crippen LogP contribution in [0.2, 0.25) is 10.0 Å². The van der Waals surface area contributed by atoms with E-state index in [1.807, 2.05) is 12.1 Å². The van der Waals surface area contributed by atoms with Crippen molar-refractivity contribution in [3.05, 3.63) is 40.4 Å². The van der Waals surface area contributed by atoms with Crippen molar-refractivity contribution in [1.29, 1.82) is 0 Å². The molecular formula is C12H14Cl2O. The molecule has 1 atom stereocenters. The highest BCUT2D eigenvalue weighted by atomic mass is 35.5. The second-order valence-corrected chi connectivity index (χ2v) is 4.34. The number of hydrogen-bond acceptors (Lipinski definition) is 1. The van der Waals surface area contributed by atoms with Gasteiger partial charge in [-0.05, 0) is 30.0 Å². The van der Waals surface area contributed by atoms with Crippen molar-refractivity contribution in [2.75, 3.05) is 7.11 Å². The van der Waals surface area contributed by atoms with E-state index in [2.05, 4.69) is 13.5 Å². The Labute approximate surface area is 101 Å². The van der Waals surface area contributed by atoms with Crippen LogP contribution in [0.1, 0.15) is 12.5 Å². The molecule has 0 heterocycles. The summed E-state index contributed by atoms with van der Waals surface area (Å²) in [5.74, 6) is 1.07. The van der Waals surface area contributed by atoms with E-state index in [1.54, 1.807) is 13.2 Å². The van der Waals surface area contributed by atoms with Crippen LogP contribution in [-0.4, -0.2) is 7.11 Å².